The van der Waals surface area contributed by atoms with Crippen molar-refractivity contribution in [3.05, 3.63) is 32.9 Å². The van der Waals surface area contributed by atoms with Gasteiger partial charge in [0.25, 0.3) is 0 Å². The van der Waals surface area contributed by atoms with Crippen LogP contribution in [0.15, 0.2) is 23.8 Å². The van der Waals surface area contributed by atoms with Crippen LogP contribution in [0.2, 0.25) is 0 Å². The first-order valence-electron chi connectivity index (χ1n) is 15.1. The first kappa shape index (κ1) is 31.3. The van der Waals surface area contributed by atoms with Gasteiger partial charge in [-0.05, 0) is 102 Å². The number of halogens is 1. The molecule has 9 nitrogen and oxygen atoms in total. The summed E-state index contributed by atoms with van der Waals surface area (Å²) in [7, 11) is 1.48. The molecule has 0 spiro atoms. The molecule has 42 heavy (non-hydrogen) atoms. The number of nitrogens with one attached hydrogen (secondary N) is 1. The Labute approximate surface area is 261 Å². The van der Waals surface area contributed by atoms with Gasteiger partial charge in [-0.25, -0.2) is 0 Å². The Kier molecular flexibility index (Phi) is 9.54. The Hall–Kier alpha value is -2.18. The van der Waals surface area contributed by atoms with Gasteiger partial charge in [0, 0.05) is 36.6 Å². The summed E-state index contributed by atoms with van der Waals surface area (Å²) in [5.41, 5.74) is 0.864. The van der Waals surface area contributed by atoms with E-state index >= 15 is 0 Å². The van der Waals surface area contributed by atoms with Gasteiger partial charge in [-0.1, -0.05) is 13.8 Å². The van der Waals surface area contributed by atoms with Crippen LogP contribution in [0.1, 0.15) is 69.2 Å². The fourth-order valence-corrected chi connectivity index (χ4v) is 9.13. The molecule has 230 valence electrons. The molecule has 0 aliphatic heterocycles. The predicted molar refractivity (Wildman–Crippen MR) is 165 cm³/mol. The van der Waals surface area contributed by atoms with E-state index in [4.69, 9.17) is 9.47 Å². The van der Waals surface area contributed by atoms with Crippen LogP contribution in [-0.2, 0) is 9.59 Å². The van der Waals surface area contributed by atoms with E-state index in [0.29, 0.717) is 50.5 Å². The maximum Gasteiger partial charge on any atom is 0.247 e. The molecule has 10 heteroatoms. The van der Waals surface area contributed by atoms with Gasteiger partial charge in [0.2, 0.25) is 11.8 Å². The molecular weight excluding hydrogens is 651 g/mol. The molecule has 3 atom stereocenters. The van der Waals surface area contributed by atoms with E-state index in [0.717, 1.165) is 25.5 Å². The number of ether oxygens (including phenoxy) is 2. The van der Waals surface area contributed by atoms with Crippen molar-refractivity contribution in [2.75, 3.05) is 26.8 Å². The number of nitrogens with zero attached hydrogens (tertiary/aromatic N) is 1. The number of carbonyl (C=O) groups excluding carboxylic acids is 3. The van der Waals surface area contributed by atoms with Crippen LogP contribution in [0.25, 0.3) is 0 Å². The average Bonchev–Trinajstić information content (AvgIpc) is 2.95. The third-order valence-corrected chi connectivity index (χ3v) is 10.5. The minimum atomic E-state index is -1.11. The molecule has 4 fully saturated rings. The van der Waals surface area contributed by atoms with Gasteiger partial charge in [-0.15, -0.1) is 0 Å². The van der Waals surface area contributed by atoms with Crippen molar-refractivity contribution in [2.45, 2.75) is 77.0 Å². The summed E-state index contributed by atoms with van der Waals surface area (Å²) in [5.74, 6) is 2.14. The highest BCUT2D eigenvalue weighted by molar-refractivity contribution is 14.1. The van der Waals surface area contributed by atoms with Crippen molar-refractivity contribution < 1.29 is 34.1 Å². The lowest BCUT2D eigenvalue weighted by Crippen LogP contribution is -2.60. The molecule has 0 aromatic heterocycles. The molecular formula is C32H43IN2O7. The Morgan fingerprint density at radius 1 is 1.17 bits per heavy atom. The normalized spacial score (nSPS) is 31.5. The summed E-state index contributed by atoms with van der Waals surface area (Å²) in [6, 6.07) is 2.56. The van der Waals surface area contributed by atoms with Crippen molar-refractivity contribution in [3.63, 3.8) is 0 Å². The smallest absolute Gasteiger partial charge is 0.247 e. The predicted octanol–water partition coefficient (Wildman–Crippen LogP) is 3.73. The molecule has 0 heterocycles. The quantitative estimate of drug-likeness (QED) is 0.238. The molecule has 1 aromatic carbocycles. The molecule has 5 aliphatic carbocycles. The van der Waals surface area contributed by atoms with E-state index in [1.54, 1.807) is 18.2 Å². The maximum absolute atomic E-state index is 13.9. The Morgan fingerprint density at radius 3 is 2.36 bits per heavy atom. The molecule has 0 unspecified atom stereocenters. The topological polar surface area (TPSA) is 125 Å². The number of benzene rings is 1. The third-order valence-electron chi connectivity index (χ3n) is 9.70. The zero-order valence-electron chi connectivity index (χ0n) is 24.7. The average molecular weight is 695 g/mol. The van der Waals surface area contributed by atoms with E-state index in [1.165, 1.54) is 26.4 Å². The van der Waals surface area contributed by atoms with Crippen LogP contribution in [0, 0.1) is 32.7 Å². The monoisotopic (exact) mass is 694 g/mol. The standard InChI is InChI=1S/C32H43IN2O7/c1-18(2)31(40)35(17-32-13-19-6-20(14-32)8-21(7-19)15-32)25-11-23(30(39)34-4-5-36)12-26(28(25)38)42-29-24(33)9-22(16-37)10-27(29)41-3/h9-10,12,16,18-21,25-26,28,36,38H,4-8,11,13-15,17H2,1-3H3,(H,34,39)/t19?,20?,21?,25-,26+,28+,32?/m1/s1. The van der Waals surface area contributed by atoms with Crippen molar-refractivity contribution >= 4 is 40.7 Å². The minimum Gasteiger partial charge on any atom is -0.493 e. The van der Waals surface area contributed by atoms with Crippen LogP contribution in [-0.4, -0.2) is 78.3 Å². The van der Waals surface area contributed by atoms with Crippen molar-refractivity contribution in [1.29, 1.82) is 0 Å². The van der Waals surface area contributed by atoms with Crippen LogP contribution in [0.5, 0.6) is 11.5 Å². The zero-order valence-corrected chi connectivity index (χ0v) is 26.8. The number of aldehydes is 1. The third kappa shape index (κ3) is 6.36. The summed E-state index contributed by atoms with van der Waals surface area (Å²) in [6.45, 7) is 4.22. The van der Waals surface area contributed by atoms with Crippen LogP contribution < -0.4 is 14.8 Å². The highest BCUT2D eigenvalue weighted by Gasteiger charge is 2.53. The second-order valence-corrected chi connectivity index (χ2v) is 14.4. The van der Waals surface area contributed by atoms with E-state index in [9.17, 15) is 24.6 Å². The fourth-order valence-electron chi connectivity index (χ4n) is 8.37. The van der Waals surface area contributed by atoms with Gasteiger partial charge in [-0.2, -0.15) is 0 Å². The summed E-state index contributed by atoms with van der Waals surface area (Å²) < 4.78 is 12.5. The number of methoxy groups -OCH3 is 1. The molecule has 0 radical (unpaired) electrons. The first-order chi connectivity index (χ1) is 20.1. The highest BCUT2D eigenvalue weighted by Crippen LogP contribution is 2.60. The Balaban J connectivity index is 1.50. The van der Waals surface area contributed by atoms with Gasteiger partial charge in [0.1, 0.15) is 18.5 Å². The minimum absolute atomic E-state index is 0.0342. The molecule has 0 saturated heterocycles. The fraction of sp³-hybridized carbons (Fsp3) is 0.656. The van der Waals surface area contributed by atoms with Gasteiger partial charge < -0.3 is 29.9 Å². The Morgan fingerprint density at radius 2 is 1.81 bits per heavy atom. The van der Waals surface area contributed by atoms with Crippen molar-refractivity contribution in [3.8, 4) is 11.5 Å². The van der Waals surface area contributed by atoms with Crippen LogP contribution in [0.4, 0.5) is 0 Å². The number of aliphatic hydroxyl groups excluding tert-OH is 2. The molecule has 1 aromatic rings. The number of aliphatic hydroxyl groups is 2. The number of carbonyl (C=O) groups is 3. The zero-order chi connectivity index (χ0) is 30.2. The lowest BCUT2D eigenvalue weighted by molar-refractivity contribution is -0.150. The van der Waals surface area contributed by atoms with E-state index in [1.807, 2.05) is 18.7 Å². The highest BCUT2D eigenvalue weighted by atomic mass is 127. The number of hydrogen-bond donors (Lipinski definition) is 3. The second kappa shape index (κ2) is 12.8. The van der Waals surface area contributed by atoms with E-state index in [-0.39, 0.29) is 42.7 Å². The largest absolute Gasteiger partial charge is 0.493 e. The van der Waals surface area contributed by atoms with E-state index < -0.39 is 18.2 Å². The number of rotatable bonds is 11. The van der Waals surface area contributed by atoms with Gasteiger partial charge in [-0.3, -0.25) is 14.4 Å². The van der Waals surface area contributed by atoms with Crippen LogP contribution >= 0.6 is 22.6 Å². The summed E-state index contributed by atoms with van der Waals surface area (Å²) in [5, 5.41) is 23.9. The molecule has 2 amide bonds. The van der Waals surface area contributed by atoms with E-state index in [2.05, 4.69) is 27.9 Å². The second-order valence-electron chi connectivity index (χ2n) is 13.2. The maximum atomic E-state index is 13.9. The number of amides is 2. The van der Waals surface area contributed by atoms with Crippen molar-refractivity contribution in [1.82, 2.24) is 10.2 Å². The molecule has 4 bridgehead atoms. The van der Waals surface area contributed by atoms with Crippen molar-refractivity contribution in [2.24, 2.45) is 29.1 Å². The first-order valence-corrected chi connectivity index (χ1v) is 16.2. The summed E-state index contributed by atoms with van der Waals surface area (Å²) >= 11 is 2.06. The van der Waals surface area contributed by atoms with Crippen LogP contribution in [0.3, 0.4) is 0 Å². The SMILES string of the molecule is COc1cc(C=O)cc(I)c1O[C@H]1C=C(C(=O)NCCO)C[C@@H](N(CC23CC4CC(CC(C4)C2)C3)C(=O)C(C)C)[C@@H]1O. The summed E-state index contributed by atoms with van der Waals surface area (Å²) in [4.78, 5) is 40.4. The summed E-state index contributed by atoms with van der Waals surface area (Å²) in [6.07, 6.45) is 7.67. The molecule has 5 aliphatic rings. The molecule has 6 rings (SSSR count). The van der Waals surface area contributed by atoms with Gasteiger partial charge in [0.05, 0.1) is 23.3 Å². The van der Waals surface area contributed by atoms with Gasteiger partial charge in [0.15, 0.2) is 11.5 Å². The molecule has 3 N–H and O–H groups in total. The number of hydrogen-bond acceptors (Lipinski definition) is 7. The van der Waals surface area contributed by atoms with Gasteiger partial charge >= 0.3 is 0 Å². The Bertz CT molecular complexity index is 1200. The lowest BCUT2D eigenvalue weighted by Gasteiger charge is -2.58. The molecule has 4 saturated carbocycles. The lowest BCUT2D eigenvalue weighted by atomic mass is 9.49.